The Labute approximate surface area is 182 Å². The zero-order chi connectivity index (χ0) is 22.4. The van der Waals surface area contributed by atoms with Crippen molar-refractivity contribution in [1.82, 2.24) is 9.62 Å². The van der Waals surface area contributed by atoms with Crippen molar-refractivity contribution in [3.8, 4) is 0 Å². The molecule has 2 aromatic carbocycles. The third-order valence-corrected chi connectivity index (χ3v) is 6.67. The third kappa shape index (κ3) is 6.05. The van der Waals surface area contributed by atoms with Gasteiger partial charge in [0.05, 0.1) is 4.90 Å². The topological polar surface area (TPSA) is 96.0 Å². The van der Waals surface area contributed by atoms with Gasteiger partial charge in [0.15, 0.2) is 6.61 Å². The molecule has 166 valence electrons. The van der Waals surface area contributed by atoms with E-state index in [2.05, 4.69) is 9.62 Å². The predicted molar refractivity (Wildman–Crippen MR) is 117 cm³/mol. The van der Waals surface area contributed by atoms with Crippen molar-refractivity contribution in [2.75, 3.05) is 37.7 Å². The molecular formula is C22H27N3O5S. The Bertz CT molecular complexity index is 1000. The number of carbonyl (C=O) groups is 2. The fourth-order valence-electron chi connectivity index (χ4n) is 3.27. The maximum atomic E-state index is 12.4. The Kier molecular flexibility index (Phi) is 7.29. The Balaban J connectivity index is 1.45. The predicted octanol–water partition coefficient (Wildman–Crippen LogP) is 1.55. The number of benzene rings is 2. The summed E-state index contributed by atoms with van der Waals surface area (Å²) in [5.41, 5.74) is 2.03. The third-order valence-electron chi connectivity index (χ3n) is 5.11. The summed E-state index contributed by atoms with van der Waals surface area (Å²) in [4.78, 5) is 28.5. The van der Waals surface area contributed by atoms with Crippen molar-refractivity contribution < 1.29 is 22.7 Å². The van der Waals surface area contributed by atoms with E-state index >= 15 is 0 Å². The van der Waals surface area contributed by atoms with E-state index in [9.17, 15) is 18.0 Å². The Morgan fingerprint density at radius 1 is 1.00 bits per heavy atom. The minimum atomic E-state index is -3.86. The second-order valence-corrected chi connectivity index (χ2v) is 9.18. The van der Waals surface area contributed by atoms with Crippen LogP contribution in [-0.4, -0.2) is 64.0 Å². The molecule has 1 atom stereocenters. The minimum absolute atomic E-state index is 0.0603. The zero-order valence-corrected chi connectivity index (χ0v) is 18.5. The molecule has 0 spiro atoms. The van der Waals surface area contributed by atoms with Gasteiger partial charge in [0.2, 0.25) is 10.0 Å². The van der Waals surface area contributed by atoms with E-state index < -0.39 is 28.6 Å². The molecule has 0 aromatic heterocycles. The average molecular weight is 446 g/mol. The smallest absolute Gasteiger partial charge is 0.324 e. The number of hydrogen-bond donors (Lipinski definition) is 1. The van der Waals surface area contributed by atoms with E-state index in [4.69, 9.17) is 4.74 Å². The molecule has 0 bridgehead atoms. The number of hydrogen-bond acceptors (Lipinski definition) is 6. The van der Waals surface area contributed by atoms with Crippen LogP contribution in [0.2, 0.25) is 0 Å². The highest BCUT2D eigenvalue weighted by Gasteiger charge is 2.26. The monoisotopic (exact) mass is 445 g/mol. The molecule has 0 saturated carbocycles. The molecule has 0 aliphatic carbocycles. The van der Waals surface area contributed by atoms with Gasteiger partial charge < -0.3 is 14.5 Å². The van der Waals surface area contributed by atoms with Crippen molar-refractivity contribution >= 4 is 27.6 Å². The molecule has 2 aromatic rings. The number of esters is 1. The number of piperazine rings is 1. The summed E-state index contributed by atoms with van der Waals surface area (Å²) in [5, 5.41) is 0. The maximum absolute atomic E-state index is 12.4. The number of para-hydroxylation sites is 1. The van der Waals surface area contributed by atoms with Gasteiger partial charge in [-0.1, -0.05) is 35.9 Å². The molecule has 8 nitrogen and oxygen atoms in total. The molecule has 1 heterocycles. The van der Waals surface area contributed by atoms with Crippen LogP contribution in [0.5, 0.6) is 0 Å². The lowest BCUT2D eigenvalue weighted by molar-refractivity contribution is -0.153. The highest BCUT2D eigenvalue weighted by Crippen LogP contribution is 2.15. The van der Waals surface area contributed by atoms with Gasteiger partial charge >= 0.3 is 5.97 Å². The van der Waals surface area contributed by atoms with Crippen LogP contribution in [0.3, 0.4) is 0 Å². The lowest BCUT2D eigenvalue weighted by Gasteiger charge is -2.36. The molecular weight excluding hydrogens is 418 g/mol. The van der Waals surface area contributed by atoms with Crippen LogP contribution in [-0.2, 0) is 24.3 Å². The molecule has 0 radical (unpaired) electrons. The number of sulfonamides is 1. The van der Waals surface area contributed by atoms with Gasteiger partial charge in [0.1, 0.15) is 6.04 Å². The molecule has 1 aliphatic heterocycles. The van der Waals surface area contributed by atoms with E-state index in [0.717, 1.165) is 11.3 Å². The van der Waals surface area contributed by atoms with Crippen LogP contribution < -0.4 is 9.62 Å². The molecule has 1 N–H and O–H groups in total. The molecule has 0 unspecified atom stereocenters. The highest BCUT2D eigenvalue weighted by atomic mass is 32.2. The van der Waals surface area contributed by atoms with Crippen LogP contribution in [0.4, 0.5) is 5.69 Å². The van der Waals surface area contributed by atoms with E-state index in [0.29, 0.717) is 26.2 Å². The van der Waals surface area contributed by atoms with Crippen LogP contribution in [0.15, 0.2) is 59.5 Å². The van der Waals surface area contributed by atoms with E-state index in [1.165, 1.54) is 19.1 Å². The van der Waals surface area contributed by atoms with Crippen molar-refractivity contribution in [1.29, 1.82) is 0 Å². The lowest BCUT2D eigenvalue weighted by atomic mass is 10.2. The van der Waals surface area contributed by atoms with E-state index in [-0.39, 0.29) is 10.8 Å². The first-order valence-electron chi connectivity index (χ1n) is 10.1. The summed E-state index contributed by atoms with van der Waals surface area (Å²) in [6.45, 7) is 5.26. The van der Waals surface area contributed by atoms with Crippen LogP contribution in [0, 0.1) is 6.92 Å². The SMILES string of the molecule is Cc1ccc(S(=O)(=O)N[C@@H](C)C(=O)OCC(=O)N2CCN(c3ccccc3)CC2)cc1. The van der Waals surface area contributed by atoms with Crippen LogP contribution in [0.25, 0.3) is 0 Å². The number of ether oxygens (including phenoxy) is 1. The summed E-state index contributed by atoms with van der Waals surface area (Å²) < 4.78 is 32.1. The first-order chi connectivity index (χ1) is 14.8. The number of aryl methyl sites for hydroxylation is 1. The number of nitrogens with one attached hydrogen (secondary N) is 1. The molecule has 9 heteroatoms. The van der Waals surface area contributed by atoms with Gasteiger partial charge in [0, 0.05) is 31.9 Å². The molecule has 31 heavy (non-hydrogen) atoms. The Morgan fingerprint density at radius 2 is 1.61 bits per heavy atom. The number of carbonyl (C=O) groups excluding carboxylic acids is 2. The first kappa shape index (κ1) is 22.8. The van der Waals surface area contributed by atoms with Gasteiger partial charge in [-0.05, 0) is 38.1 Å². The van der Waals surface area contributed by atoms with Gasteiger partial charge in [-0.2, -0.15) is 4.72 Å². The number of rotatable bonds is 7. The summed E-state index contributed by atoms with van der Waals surface area (Å²) in [5.74, 6) is -1.10. The van der Waals surface area contributed by atoms with E-state index in [1.807, 2.05) is 37.3 Å². The fourth-order valence-corrected chi connectivity index (χ4v) is 4.46. The summed E-state index contributed by atoms with van der Waals surface area (Å²) in [7, 11) is -3.86. The van der Waals surface area contributed by atoms with Gasteiger partial charge in [-0.3, -0.25) is 9.59 Å². The Morgan fingerprint density at radius 3 is 2.23 bits per heavy atom. The van der Waals surface area contributed by atoms with Gasteiger partial charge in [-0.25, -0.2) is 8.42 Å². The standard InChI is InChI=1S/C22H27N3O5S/c1-17-8-10-20(11-9-17)31(28,29)23-18(2)22(27)30-16-21(26)25-14-12-24(13-15-25)19-6-4-3-5-7-19/h3-11,18,23H,12-16H2,1-2H3/t18-/m0/s1. The zero-order valence-electron chi connectivity index (χ0n) is 17.7. The minimum Gasteiger partial charge on any atom is -0.454 e. The van der Waals surface area contributed by atoms with Crippen LogP contribution >= 0.6 is 0 Å². The summed E-state index contributed by atoms with van der Waals surface area (Å²) in [6.07, 6.45) is 0. The molecule has 1 fully saturated rings. The molecule has 1 saturated heterocycles. The van der Waals surface area contributed by atoms with Gasteiger partial charge in [0.25, 0.3) is 5.91 Å². The van der Waals surface area contributed by atoms with Crippen molar-refractivity contribution in [2.45, 2.75) is 24.8 Å². The van der Waals surface area contributed by atoms with Crippen LogP contribution in [0.1, 0.15) is 12.5 Å². The van der Waals surface area contributed by atoms with E-state index in [1.54, 1.807) is 17.0 Å². The molecule has 3 rings (SSSR count). The maximum Gasteiger partial charge on any atom is 0.324 e. The average Bonchev–Trinajstić information content (AvgIpc) is 2.78. The highest BCUT2D eigenvalue weighted by molar-refractivity contribution is 7.89. The number of amides is 1. The first-order valence-corrected chi connectivity index (χ1v) is 11.6. The second kappa shape index (κ2) is 9.93. The second-order valence-electron chi connectivity index (χ2n) is 7.47. The quantitative estimate of drug-likeness (QED) is 0.650. The van der Waals surface area contributed by atoms with Crippen molar-refractivity contribution in [3.05, 3.63) is 60.2 Å². The largest absolute Gasteiger partial charge is 0.454 e. The lowest BCUT2D eigenvalue weighted by Crippen LogP contribution is -2.50. The summed E-state index contributed by atoms with van der Waals surface area (Å²) >= 11 is 0. The van der Waals surface area contributed by atoms with Gasteiger partial charge in [-0.15, -0.1) is 0 Å². The van der Waals surface area contributed by atoms with Crippen molar-refractivity contribution in [3.63, 3.8) is 0 Å². The molecule has 1 amide bonds. The fraction of sp³-hybridized carbons (Fsp3) is 0.364. The number of anilines is 1. The molecule has 1 aliphatic rings. The Hall–Kier alpha value is -2.91. The van der Waals surface area contributed by atoms with Crippen molar-refractivity contribution in [2.24, 2.45) is 0 Å². The normalized spacial score (nSPS) is 15.4. The summed E-state index contributed by atoms with van der Waals surface area (Å²) in [6, 6.07) is 15.1. The number of nitrogens with zero attached hydrogens (tertiary/aromatic N) is 2.